The molecular weight excluding hydrogens is 540 g/mol. The number of ether oxygens (including phenoxy) is 3. The summed E-state index contributed by atoms with van der Waals surface area (Å²) in [5.41, 5.74) is 2.74. The van der Waals surface area contributed by atoms with Crippen molar-refractivity contribution in [2.45, 2.75) is 18.9 Å². The van der Waals surface area contributed by atoms with Gasteiger partial charge in [-0.25, -0.2) is 0 Å². The van der Waals surface area contributed by atoms with E-state index in [1.54, 1.807) is 0 Å². The summed E-state index contributed by atoms with van der Waals surface area (Å²) in [4.78, 5) is 0. The molecule has 27 heavy (non-hydrogen) atoms. The number of hydrogen-bond acceptors (Lipinski definition) is 3. The van der Waals surface area contributed by atoms with E-state index < -0.39 is 18.9 Å². The Balaban J connectivity index is 1.74. The van der Waals surface area contributed by atoms with Crippen LogP contribution in [0.25, 0.3) is 0 Å². The zero-order valence-corrected chi connectivity index (χ0v) is 18.8. The van der Waals surface area contributed by atoms with Crippen molar-refractivity contribution in [3.05, 3.63) is 103 Å². The van der Waals surface area contributed by atoms with Gasteiger partial charge in [-0.3, -0.25) is 0 Å². The van der Waals surface area contributed by atoms with E-state index in [4.69, 9.17) is 14.2 Å². The second-order valence-corrected chi connectivity index (χ2v) is 8.53. The predicted molar refractivity (Wildman–Crippen MR) is 114 cm³/mol. The van der Waals surface area contributed by atoms with Crippen molar-refractivity contribution in [2.24, 2.45) is 0 Å². The number of halogens is 3. The first-order valence-electron chi connectivity index (χ1n) is 8.33. The second kappa shape index (κ2) is 8.55. The van der Waals surface area contributed by atoms with Crippen LogP contribution in [0.3, 0.4) is 0 Å². The van der Waals surface area contributed by atoms with Crippen LogP contribution in [0.15, 0.2) is 86.2 Å². The summed E-state index contributed by atoms with van der Waals surface area (Å²) in [7, 11) is 0. The highest BCUT2D eigenvalue weighted by atomic mass is 79.9. The Morgan fingerprint density at radius 2 is 0.704 bits per heavy atom. The van der Waals surface area contributed by atoms with Gasteiger partial charge in [0.15, 0.2) is 18.9 Å². The molecule has 1 heterocycles. The predicted octanol–water partition coefficient (Wildman–Crippen LogP) is 7.43. The monoisotopic (exact) mass is 552 g/mol. The lowest BCUT2D eigenvalue weighted by Crippen LogP contribution is -2.27. The normalized spacial score (nSPS) is 22.6. The number of hydrogen-bond donors (Lipinski definition) is 0. The molecule has 6 heteroatoms. The lowest BCUT2D eigenvalue weighted by atomic mass is 10.1. The largest absolute Gasteiger partial charge is 0.315 e. The highest BCUT2D eigenvalue weighted by Crippen LogP contribution is 2.45. The Hall–Kier alpha value is -1.02. The van der Waals surface area contributed by atoms with E-state index in [0.29, 0.717) is 0 Å². The Morgan fingerprint density at radius 3 is 0.963 bits per heavy atom. The van der Waals surface area contributed by atoms with Gasteiger partial charge in [-0.1, -0.05) is 102 Å². The van der Waals surface area contributed by atoms with Crippen molar-refractivity contribution >= 4 is 47.8 Å². The Labute approximate surface area is 183 Å². The maximum atomic E-state index is 6.19. The third-order valence-electron chi connectivity index (χ3n) is 4.22. The van der Waals surface area contributed by atoms with Crippen LogP contribution >= 0.6 is 47.8 Å². The van der Waals surface area contributed by atoms with Gasteiger partial charge in [0.25, 0.3) is 0 Å². The fourth-order valence-electron chi connectivity index (χ4n) is 2.87. The molecule has 4 rings (SSSR count). The first kappa shape index (κ1) is 19.3. The number of rotatable bonds is 3. The van der Waals surface area contributed by atoms with Crippen molar-refractivity contribution in [1.29, 1.82) is 0 Å². The van der Waals surface area contributed by atoms with Gasteiger partial charge in [0.2, 0.25) is 0 Å². The molecule has 0 radical (unpaired) electrons. The molecule has 0 saturated carbocycles. The molecule has 0 atom stereocenters. The highest BCUT2D eigenvalue weighted by Gasteiger charge is 2.35. The zero-order valence-electron chi connectivity index (χ0n) is 14.0. The van der Waals surface area contributed by atoms with E-state index in [1.807, 2.05) is 72.8 Å². The molecule has 0 spiro atoms. The summed E-state index contributed by atoms with van der Waals surface area (Å²) in [5, 5.41) is 0. The van der Waals surface area contributed by atoms with Crippen LogP contribution in [0.2, 0.25) is 0 Å². The van der Waals surface area contributed by atoms with Gasteiger partial charge in [0.05, 0.1) is 0 Å². The van der Waals surface area contributed by atoms with Gasteiger partial charge in [0.1, 0.15) is 0 Å². The van der Waals surface area contributed by atoms with Crippen LogP contribution in [0.5, 0.6) is 0 Å². The van der Waals surface area contributed by atoms with Gasteiger partial charge in [-0.15, -0.1) is 0 Å². The average molecular weight is 555 g/mol. The Kier molecular flexibility index (Phi) is 6.12. The van der Waals surface area contributed by atoms with E-state index in [2.05, 4.69) is 47.8 Å². The van der Waals surface area contributed by atoms with Gasteiger partial charge in [0, 0.05) is 30.1 Å². The van der Waals surface area contributed by atoms with E-state index in [1.165, 1.54) is 0 Å². The SMILES string of the molecule is Brc1ccccc1C1OC(c2ccccc2Br)OC(c2ccccc2Br)O1. The summed E-state index contributed by atoms with van der Waals surface area (Å²) >= 11 is 10.8. The van der Waals surface area contributed by atoms with Gasteiger partial charge < -0.3 is 14.2 Å². The first-order valence-corrected chi connectivity index (χ1v) is 10.7. The van der Waals surface area contributed by atoms with Crippen LogP contribution in [0.1, 0.15) is 35.6 Å². The van der Waals surface area contributed by atoms with Gasteiger partial charge in [-0.05, 0) is 18.2 Å². The van der Waals surface area contributed by atoms with Gasteiger partial charge >= 0.3 is 0 Å². The van der Waals surface area contributed by atoms with E-state index in [0.717, 1.165) is 30.1 Å². The lowest BCUT2D eigenvalue weighted by molar-refractivity contribution is -0.397. The van der Waals surface area contributed by atoms with E-state index in [-0.39, 0.29) is 0 Å². The number of benzene rings is 3. The summed E-state index contributed by atoms with van der Waals surface area (Å²) in [5.74, 6) is 0. The minimum absolute atomic E-state index is 0.580. The summed E-state index contributed by atoms with van der Waals surface area (Å²) in [6, 6.07) is 23.6. The van der Waals surface area contributed by atoms with Crippen molar-refractivity contribution in [3.63, 3.8) is 0 Å². The molecule has 0 unspecified atom stereocenters. The van der Waals surface area contributed by atoms with Crippen molar-refractivity contribution in [1.82, 2.24) is 0 Å². The van der Waals surface area contributed by atoms with Crippen LogP contribution < -0.4 is 0 Å². The third kappa shape index (κ3) is 4.21. The molecule has 0 bridgehead atoms. The molecule has 0 aliphatic carbocycles. The maximum Gasteiger partial charge on any atom is 0.191 e. The Bertz CT molecular complexity index is 819. The van der Waals surface area contributed by atoms with Crippen molar-refractivity contribution < 1.29 is 14.2 Å². The molecule has 1 aliphatic heterocycles. The fourth-order valence-corrected chi connectivity index (χ4v) is 4.29. The second-order valence-electron chi connectivity index (χ2n) is 5.97. The molecule has 0 aromatic heterocycles. The van der Waals surface area contributed by atoms with E-state index in [9.17, 15) is 0 Å². The van der Waals surface area contributed by atoms with Crippen LogP contribution in [0.4, 0.5) is 0 Å². The van der Waals surface area contributed by atoms with E-state index >= 15 is 0 Å². The zero-order chi connectivity index (χ0) is 18.8. The molecule has 3 aromatic carbocycles. The highest BCUT2D eigenvalue weighted by molar-refractivity contribution is 9.11. The summed E-state index contributed by atoms with van der Waals surface area (Å²) < 4.78 is 21.4. The van der Waals surface area contributed by atoms with Crippen LogP contribution in [-0.4, -0.2) is 0 Å². The molecular formula is C21H15Br3O3. The molecule has 1 fully saturated rings. The molecule has 3 aromatic rings. The molecule has 0 N–H and O–H groups in total. The minimum Gasteiger partial charge on any atom is -0.315 e. The first-order chi connectivity index (χ1) is 13.1. The quantitative estimate of drug-likeness (QED) is 0.337. The third-order valence-corrected chi connectivity index (χ3v) is 6.39. The standard InChI is InChI=1S/C21H15Br3O3/c22-16-10-4-1-7-13(16)19-25-20(14-8-2-5-11-17(14)23)27-21(26-19)15-9-3-6-12-18(15)24/h1-12,19-21H. The van der Waals surface area contributed by atoms with Gasteiger partial charge in [-0.2, -0.15) is 0 Å². The maximum absolute atomic E-state index is 6.19. The van der Waals surface area contributed by atoms with Crippen molar-refractivity contribution in [2.75, 3.05) is 0 Å². The molecule has 1 aliphatic rings. The fraction of sp³-hybridized carbons (Fsp3) is 0.143. The lowest BCUT2D eigenvalue weighted by Gasteiger charge is -2.37. The van der Waals surface area contributed by atoms with Crippen molar-refractivity contribution in [3.8, 4) is 0 Å². The molecule has 0 amide bonds. The topological polar surface area (TPSA) is 27.7 Å². The smallest absolute Gasteiger partial charge is 0.191 e. The average Bonchev–Trinajstić information content (AvgIpc) is 2.69. The van der Waals surface area contributed by atoms with Crippen LogP contribution in [0, 0.1) is 0 Å². The minimum atomic E-state index is -0.580. The summed E-state index contributed by atoms with van der Waals surface area (Å²) in [6.45, 7) is 0. The molecule has 138 valence electrons. The molecule has 1 saturated heterocycles. The molecule has 3 nitrogen and oxygen atoms in total. The Morgan fingerprint density at radius 1 is 0.444 bits per heavy atom. The summed E-state index contributed by atoms with van der Waals surface area (Å²) in [6.07, 6.45) is -1.74. The van der Waals surface area contributed by atoms with Crippen LogP contribution in [-0.2, 0) is 14.2 Å².